The summed E-state index contributed by atoms with van der Waals surface area (Å²) in [6.45, 7) is 1.75. The number of para-hydroxylation sites is 1. The van der Waals surface area contributed by atoms with Crippen molar-refractivity contribution >= 4 is 0 Å². The zero-order valence-corrected chi connectivity index (χ0v) is 11.7. The number of ether oxygens (including phenoxy) is 1. The number of hydrogen-bond acceptors (Lipinski definition) is 2. The molecule has 2 saturated carbocycles. The summed E-state index contributed by atoms with van der Waals surface area (Å²) in [6, 6.07) is 10.9. The second kappa shape index (κ2) is 5.96. The predicted molar refractivity (Wildman–Crippen MR) is 78.5 cm³/mol. The minimum Gasteiger partial charge on any atom is -0.492 e. The van der Waals surface area contributed by atoms with Gasteiger partial charge in [-0.1, -0.05) is 37.5 Å². The molecule has 1 aromatic carbocycles. The van der Waals surface area contributed by atoms with Gasteiger partial charge in [-0.05, 0) is 43.2 Å². The minimum atomic E-state index is 0.658. The number of nitrogens with one attached hydrogen (secondary N) is 1. The van der Waals surface area contributed by atoms with E-state index in [0.29, 0.717) is 5.41 Å². The molecule has 19 heavy (non-hydrogen) atoms. The van der Waals surface area contributed by atoms with E-state index in [1.165, 1.54) is 44.9 Å². The largest absolute Gasteiger partial charge is 0.492 e. The van der Waals surface area contributed by atoms with Crippen LogP contribution < -0.4 is 10.1 Å². The monoisotopic (exact) mass is 259 g/mol. The van der Waals surface area contributed by atoms with Gasteiger partial charge in [-0.15, -0.1) is 0 Å². The summed E-state index contributed by atoms with van der Waals surface area (Å²) >= 11 is 0. The van der Waals surface area contributed by atoms with Gasteiger partial charge in [0.05, 0.1) is 0 Å². The Balaban J connectivity index is 1.38. The fourth-order valence-corrected chi connectivity index (χ4v) is 3.79. The average Bonchev–Trinajstić information content (AvgIpc) is 2.48. The quantitative estimate of drug-likeness (QED) is 0.813. The first-order valence-electron chi connectivity index (χ1n) is 7.80. The first kappa shape index (κ1) is 13.0. The van der Waals surface area contributed by atoms with Crippen LogP contribution in [0.1, 0.15) is 44.9 Å². The van der Waals surface area contributed by atoms with Crippen LogP contribution in [0.15, 0.2) is 30.3 Å². The van der Waals surface area contributed by atoms with Gasteiger partial charge in [0.25, 0.3) is 0 Å². The van der Waals surface area contributed by atoms with Crippen LogP contribution in [0, 0.1) is 5.41 Å². The van der Waals surface area contributed by atoms with Crippen LogP contribution in [0.2, 0.25) is 0 Å². The lowest BCUT2D eigenvalue weighted by Gasteiger charge is -2.52. The van der Waals surface area contributed by atoms with Crippen molar-refractivity contribution in [3.63, 3.8) is 0 Å². The molecule has 1 atom stereocenters. The molecule has 0 amide bonds. The van der Waals surface area contributed by atoms with E-state index in [9.17, 15) is 0 Å². The zero-order chi connectivity index (χ0) is 13.0. The van der Waals surface area contributed by atoms with Crippen molar-refractivity contribution in [3.05, 3.63) is 30.3 Å². The minimum absolute atomic E-state index is 0.658. The Labute approximate surface area is 116 Å². The van der Waals surface area contributed by atoms with E-state index in [4.69, 9.17) is 4.74 Å². The molecule has 0 heterocycles. The van der Waals surface area contributed by atoms with Crippen LogP contribution in [0.4, 0.5) is 0 Å². The summed E-state index contributed by atoms with van der Waals surface area (Å²) in [5.41, 5.74) is 0.658. The Morgan fingerprint density at radius 1 is 1.05 bits per heavy atom. The molecule has 2 aliphatic carbocycles. The van der Waals surface area contributed by atoms with E-state index >= 15 is 0 Å². The van der Waals surface area contributed by atoms with E-state index in [-0.39, 0.29) is 0 Å². The van der Waals surface area contributed by atoms with Crippen LogP contribution in [0.5, 0.6) is 5.75 Å². The van der Waals surface area contributed by atoms with Gasteiger partial charge >= 0.3 is 0 Å². The number of hydrogen-bond donors (Lipinski definition) is 1. The molecule has 0 saturated heterocycles. The van der Waals surface area contributed by atoms with Crippen molar-refractivity contribution in [1.82, 2.24) is 5.32 Å². The van der Waals surface area contributed by atoms with Crippen molar-refractivity contribution in [2.24, 2.45) is 5.41 Å². The lowest BCUT2D eigenvalue weighted by Crippen LogP contribution is -2.55. The molecular formula is C17H25NO. The molecule has 0 radical (unpaired) electrons. The van der Waals surface area contributed by atoms with Gasteiger partial charge in [0.15, 0.2) is 0 Å². The van der Waals surface area contributed by atoms with Crippen LogP contribution in [0.3, 0.4) is 0 Å². The second-order valence-electron chi connectivity index (χ2n) is 6.13. The van der Waals surface area contributed by atoms with Gasteiger partial charge in [-0.2, -0.15) is 0 Å². The highest BCUT2D eigenvalue weighted by molar-refractivity contribution is 5.20. The van der Waals surface area contributed by atoms with Gasteiger partial charge in [-0.25, -0.2) is 0 Å². The zero-order valence-electron chi connectivity index (χ0n) is 11.7. The third-order valence-corrected chi connectivity index (χ3v) is 5.02. The van der Waals surface area contributed by atoms with E-state index < -0.39 is 0 Å². The first-order chi connectivity index (χ1) is 9.39. The Bertz CT molecular complexity index is 384. The van der Waals surface area contributed by atoms with Gasteiger partial charge in [0.2, 0.25) is 0 Å². The molecule has 2 aliphatic rings. The van der Waals surface area contributed by atoms with Gasteiger partial charge < -0.3 is 10.1 Å². The molecule has 2 nitrogen and oxygen atoms in total. The lowest BCUT2D eigenvalue weighted by molar-refractivity contribution is 0.0216. The molecule has 2 heteroatoms. The topological polar surface area (TPSA) is 21.3 Å². The highest BCUT2D eigenvalue weighted by Gasteiger charge is 2.46. The highest BCUT2D eigenvalue weighted by Crippen LogP contribution is 2.51. The summed E-state index contributed by atoms with van der Waals surface area (Å²) in [6.07, 6.45) is 10.0. The van der Waals surface area contributed by atoms with Gasteiger partial charge in [-0.3, -0.25) is 0 Å². The summed E-state index contributed by atoms with van der Waals surface area (Å²) < 4.78 is 5.74. The normalized spacial score (nSPS) is 24.9. The molecule has 0 aromatic heterocycles. The fraction of sp³-hybridized carbons (Fsp3) is 0.647. The first-order valence-corrected chi connectivity index (χ1v) is 7.80. The fourth-order valence-electron chi connectivity index (χ4n) is 3.79. The van der Waals surface area contributed by atoms with Crippen molar-refractivity contribution in [3.8, 4) is 5.75 Å². The van der Waals surface area contributed by atoms with Crippen molar-refractivity contribution in [1.29, 1.82) is 0 Å². The SMILES string of the molecule is c1ccc(OCCNC2CCC23CCCCC3)cc1. The summed E-state index contributed by atoms with van der Waals surface area (Å²) in [7, 11) is 0. The van der Waals surface area contributed by atoms with E-state index in [0.717, 1.165) is 24.9 Å². The van der Waals surface area contributed by atoms with Crippen LogP contribution in [-0.2, 0) is 0 Å². The lowest BCUT2D eigenvalue weighted by atomic mass is 9.57. The standard InChI is InChI=1S/C17H25NO/c1-3-7-15(8-4-1)19-14-13-18-16-9-12-17(16)10-5-2-6-11-17/h1,3-4,7-8,16,18H,2,5-6,9-14H2. The van der Waals surface area contributed by atoms with Crippen LogP contribution in [0.25, 0.3) is 0 Å². The number of rotatable bonds is 5. The molecule has 0 bridgehead atoms. The van der Waals surface area contributed by atoms with E-state index in [1.807, 2.05) is 30.3 Å². The van der Waals surface area contributed by atoms with Crippen LogP contribution in [-0.4, -0.2) is 19.2 Å². The third kappa shape index (κ3) is 2.94. The Morgan fingerprint density at radius 2 is 1.84 bits per heavy atom. The van der Waals surface area contributed by atoms with Crippen molar-refractivity contribution in [2.45, 2.75) is 51.0 Å². The maximum atomic E-state index is 5.74. The average molecular weight is 259 g/mol. The number of benzene rings is 1. The molecule has 1 spiro atoms. The predicted octanol–water partition coefficient (Wildman–Crippen LogP) is 3.77. The van der Waals surface area contributed by atoms with E-state index in [1.54, 1.807) is 0 Å². The molecule has 1 aromatic rings. The third-order valence-electron chi connectivity index (χ3n) is 5.02. The summed E-state index contributed by atoms with van der Waals surface area (Å²) in [4.78, 5) is 0. The molecular weight excluding hydrogens is 234 g/mol. The van der Waals surface area contributed by atoms with Crippen LogP contribution >= 0.6 is 0 Å². The van der Waals surface area contributed by atoms with Gasteiger partial charge in [0.1, 0.15) is 12.4 Å². The second-order valence-corrected chi connectivity index (χ2v) is 6.13. The smallest absolute Gasteiger partial charge is 0.119 e. The molecule has 0 aliphatic heterocycles. The van der Waals surface area contributed by atoms with Crippen molar-refractivity contribution < 1.29 is 4.74 Å². The van der Waals surface area contributed by atoms with E-state index in [2.05, 4.69) is 5.32 Å². The maximum absolute atomic E-state index is 5.74. The summed E-state index contributed by atoms with van der Waals surface area (Å²) in [5.74, 6) is 0.977. The molecule has 1 unspecified atom stereocenters. The molecule has 104 valence electrons. The van der Waals surface area contributed by atoms with Gasteiger partial charge in [0, 0.05) is 12.6 Å². The highest BCUT2D eigenvalue weighted by atomic mass is 16.5. The Kier molecular flexibility index (Phi) is 4.07. The summed E-state index contributed by atoms with van der Waals surface area (Å²) in [5, 5.41) is 3.72. The molecule has 2 fully saturated rings. The Hall–Kier alpha value is -1.02. The molecule has 1 N–H and O–H groups in total. The molecule has 3 rings (SSSR count). The maximum Gasteiger partial charge on any atom is 0.119 e. The van der Waals surface area contributed by atoms with Crippen molar-refractivity contribution in [2.75, 3.05) is 13.2 Å². The Morgan fingerprint density at radius 3 is 2.53 bits per heavy atom.